The van der Waals surface area contributed by atoms with Crippen molar-refractivity contribution < 1.29 is 0 Å². The summed E-state index contributed by atoms with van der Waals surface area (Å²) < 4.78 is 0. The van der Waals surface area contributed by atoms with E-state index in [0.717, 1.165) is 49.3 Å². The molecule has 2 N–H and O–H groups in total. The molecule has 27 heavy (non-hydrogen) atoms. The van der Waals surface area contributed by atoms with Gasteiger partial charge in [-0.15, -0.1) is 0 Å². The highest BCUT2D eigenvalue weighted by molar-refractivity contribution is 5.91. The van der Waals surface area contributed by atoms with Crippen molar-refractivity contribution in [2.45, 2.75) is 6.54 Å². The average Bonchev–Trinajstić information content (AvgIpc) is 3.10. The van der Waals surface area contributed by atoms with Gasteiger partial charge in [0.2, 0.25) is 5.56 Å². The Labute approximate surface area is 157 Å². The van der Waals surface area contributed by atoms with Gasteiger partial charge in [-0.3, -0.25) is 9.69 Å². The first-order chi connectivity index (χ1) is 13.3. The lowest BCUT2D eigenvalue weighted by Crippen LogP contribution is -2.46. The lowest BCUT2D eigenvalue weighted by atomic mass is 10.1. The van der Waals surface area contributed by atoms with E-state index in [0.29, 0.717) is 0 Å². The van der Waals surface area contributed by atoms with E-state index in [2.05, 4.69) is 56.2 Å². The fraction of sp³-hybridized carbons (Fsp3) is 0.227. The van der Waals surface area contributed by atoms with Crippen molar-refractivity contribution in [3.05, 3.63) is 76.7 Å². The van der Waals surface area contributed by atoms with Gasteiger partial charge in [-0.1, -0.05) is 36.4 Å². The quantitative estimate of drug-likeness (QED) is 0.591. The van der Waals surface area contributed by atoms with Crippen LogP contribution >= 0.6 is 0 Å². The molecule has 0 radical (unpaired) electrons. The molecule has 0 atom stereocenters. The Hall–Kier alpha value is -3.05. The second-order valence-corrected chi connectivity index (χ2v) is 7.21. The molecular formula is C22H22N4O. The molecule has 0 spiro atoms. The van der Waals surface area contributed by atoms with Gasteiger partial charge in [-0.05, 0) is 23.6 Å². The Morgan fingerprint density at radius 3 is 2.37 bits per heavy atom. The minimum atomic E-state index is -0.0378. The Balaban J connectivity index is 1.32. The lowest BCUT2D eigenvalue weighted by molar-refractivity contribution is 0.248. The summed E-state index contributed by atoms with van der Waals surface area (Å²) in [5.74, 6) is 0. The molecule has 136 valence electrons. The third-order valence-electron chi connectivity index (χ3n) is 5.42. The monoisotopic (exact) mass is 358 g/mol. The molecule has 1 fully saturated rings. The van der Waals surface area contributed by atoms with Gasteiger partial charge in [0.15, 0.2) is 0 Å². The zero-order valence-corrected chi connectivity index (χ0v) is 15.1. The van der Waals surface area contributed by atoms with Gasteiger partial charge in [0.05, 0.1) is 11.2 Å². The molecule has 2 aromatic carbocycles. The SMILES string of the molecule is O=c1cc(N2CCN(Cc3cc4ccccc4[nH]3)CC2)c2ccccc2[nH]1. The summed E-state index contributed by atoms with van der Waals surface area (Å²) in [6.07, 6.45) is 0. The van der Waals surface area contributed by atoms with Gasteiger partial charge in [0, 0.05) is 55.4 Å². The van der Waals surface area contributed by atoms with Crippen LogP contribution in [0, 0.1) is 0 Å². The zero-order chi connectivity index (χ0) is 18.2. The maximum Gasteiger partial charge on any atom is 0.250 e. The number of pyridine rings is 1. The summed E-state index contributed by atoms with van der Waals surface area (Å²) >= 11 is 0. The number of para-hydroxylation sites is 2. The normalized spacial score (nSPS) is 15.6. The van der Waals surface area contributed by atoms with Crippen molar-refractivity contribution in [2.75, 3.05) is 31.1 Å². The smallest absolute Gasteiger partial charge is 0.250 e. The fourth-order valence-corrected chi connectivity index (χ4v) is 4.05. The predicted octanol–water partition coefficient (Wildman–Crippen LogP) is 3.33. The number of nitrogens with zero attached hydrogens (tertiary/aromatic N) is 2. The topological polar surface area (TPSA) is 55.1 Å². The molecule has 5 nitrogen and oxygen atoms in total. The van der Waals surface area contributed by atoms with Gasteiger partial charge in [-0.2, -0.15) is 0 Å². The number of benzene rings is 2. The number of aromatic nitrogens is 2. The van der Waals surface area contributed by atoms with Gasteiger partial charge >= 0.3 is 0 Å². The molecule has 0 saturated carbocycles. The zero-order valence-electron chi connectivity index (χ0n) is 15.1. The highest BCUT2D eigenvalue weighted by Gasteiger charge is 2.19. The number of aromatic amines is 2. The van der Waals surface area contributed by atoms with Crippen LogP contribution in [-0.2, 0) is 6.54 Å². The van der Waals surface area contributed by atoms with Crippen LogP contribution in [-0.4, -0.2) is 41.0 Å². The second-order valence-electron chi connectivity index (χ2n) is 7.21. The van der Waals surface area contributed by atoms with Crippen molar-refractivity contribution >= 4 is 27.5 Å². The van der Waals surface area contributed by atoms with Crippen LogP contribution in [0.15, 0.2) is 65.5 Å². The molecular weight excluding hydrogens is 336 g/mol. The molecule has 5 rings (SSSR count). The number of nitrogens with one attached hydrogen (secondary N) is 2. The number of fused-ring (bicyclic) bond motifs is 2. The van der Waals surface area contributed by atoms with Gasteiger partial charge in [-0.25, -0.2) is 0 Å². The Morgan fingerprint density at radius 2 is 1.56 bits per heavy atom. The Morgan fingerprint density at radius 1 is 0.815 bits per heavy atom. The van der Waals surface area contributed by atoms with Crippen LogP contribution in [0.3, 0.4) is 0 Å². The highest BCUT2D eigenvalue weighted by atomic mass is 16.1. The van der Waals surface area contributed by atoms with Crippen molar-refractivity contribution in [2.24, 2.45) is 0 Å². The summed E-state index contributed by atoms with van der Waals surface area (Å²) in [6, 6.07) is 20.4. The highest BCUT2D eigenvalue weighted by Crippen LogP contribution is 2.25. The van der Waals surface area contributed by atoms with Gasteiger partial charge < -0.3 is 14.9 Å². The molecule has 3 heterocycles. The molecule has 0 aliphatic carbocycles. The van der Waals surface area contributed by atoms with Gasteiger partial charge in [0.25, 0.3) is 0 Å². The Bertz CT molecular complexity index is 1120. The maximum absolute atomic E-state index is 12.0. The standard InChI is InChI=1S/C22H22N4O/c27-22-14-21(18-6-2-4-8-20(18)24-22)26-11-9-25(10-12-26)15-17-13-16-5-1-3-7-19(16)23-17/h1-8,13-14,23H,9-12,15H2,(H,24,27). The third-order valence-corrected chi connectivity index (χ3v) is 5.42. The largest absolute Gasteiger partial charge is 0.368 e. The van der Waals surface area contributed by atoms with Crippen LogP contribution in [0.25, 0.3) is 21.8 Å². The van der Waals surface area contributed by atoms with Crippen molar-refractivity contribution in [3.8, 4) is 0 Å². The van der Waals surface area contributed by atoms with Gasteiger partial charge in [0.1, 0.15) is 0 Å². The first-order valence-electron chi connectivity index (χ1n) is 9.42. The molecule has 2 aromatic heterocycles. The van der Waals surface area contributed by atoms with E-state index in [1.165, 1.54) is 16.6 Å². The number of rotatable bonds is 3. The average molecular weight is 358 g/mol. The molecule has 0 bridgehead atoms. The van der Waals surface area contributed by atoms with Crippen molar-refractivity contribution in [3.63, 3.8) is 0 Å². The van der Waals surface area contributed by atoms with Crippen LogP contribution in [0.2, 0.25) is 0 Å². The summed E-state index contributed by atoms with van der Waals surface area (Å²) in [5.41, 5.74) is 4.36. The number of hydrogen-bond donors (Lipinski definition) is 2. The predicted molar refractivity (Wildman–Crippen MR) is 110 cm³/mol. The first kappa shape index (κ1) is 16.1. The summed E-state index contributed by atoms with van der Waals surface area (Å²) in [7, 11) is 0. The lowest BCUT2D eigenvalue weighted by Gasteiger charge is -2.36. The summed E-state index contributed by atoms with van der Waals surface area (Å²) in [5, 5.41) is 2.38. The second kappa shape index (κ2) is 6.59. The van der Waals surface area contributed by atoms with E-state index < -0.39 is 0 Å². The first-order valence-corrected chi connectivity index (χ1v) is 9.42. The number of piperazine rings is 1. The maximum atomic E-state index is 12.0. The minimum absolute atomic E-state index is 0.0378. The van der Waals surface area contributed by atoms with E-state index in [1.807, 2.05) is 18.2 Å². The Kier molecular flexibility index (Phi) is 3.94. The van der Waals surface area contributed by atoms with Crippen LogP contribution in [0.5, 0.6) is 0 Å². The molecule has 1 aliphatic heterocycles. The van der Waals surface area contributed by atoms with E-state index in [4.69, 9.17) is 0 Å². The minimum Gasteiger partial charge on any atom is -0.368 e. The fourth-order valence-electron chi connectivity index (χ4n) is 4.05. The van der Waals surface area contributed by atoms with Crippen LogP contribution in [0.4, 0.5) is 5.69 Å². The number of H-pyrrole nitrogens is 2. The van der Waals surface area contributed by atoms with Crippen molar-refractivity contribution in [1.82, 2.24) is 14.9 Å². The summed E-state index contributed by atoms with van der Waals surface area (Å²) in [4.78, 5) is 23.3. The van der Waals surface area contributed by atoms with E-state index in [1.54, 1.807) is 6.07 Å². The number of anilines is 1. The van der Waals surface area contributed by atoms with Crippen LogP contribution in [0.1, 0.15) is 5.69 Å². The molecule has 5 heteroatoms. The van der Waals surface area contributed by atoms with Crippen molar-refractivity contribution in [1.29, 1.82) is 0 Å². The van der Waals surface area contributed by atoms with Crippen LogP contribution < -0.4 is 10.5 Å². The third kappa shape index (κ3) is 3.11. The molecule has 0 amide bonds. The number of hydrogen-bond acceptors (Lipinski definition) is 3. The van der Waals surface area contributed by atoms with E-state index >= 15 is 0 Å². The molecule has 4 aromatic rings. The molecule has 1 saturated heterocycles. The molecule has 1 aliphatic rings. The van der Waals surface area contributed by atoms with E-state index in [9.17, 15) is 4.79 Å². The molecule has 0 unspecified atom stereocenters. The summed E-state index contributed by atoms with van der Waals surface area (Å²) in [6.45, 7) is 4.74. The van der Waals surface area contributed by atoms with E-state index in [-0.39, 0.29) is 5.56 Å².